The van der Waals surface area contributed by atoms with Gasteiger partial charge in [0.1, 0.15) is 0 Å². The first-order valence-electron chi connectivity index (χ1n) is 5.54. The molecule has 0 unspecified atom stereocenters. The first kappa shape index (κ1) is 14.9. The molecule has 0 saturated heterocycles. The summed E-state index contributed by atoms with van der Waals surface area (Å²) in [7, 11) is 1.64. The Bertz CT molecular complexity index is 435. The molecular weight excluding hydrogens is 256 g/mol. The van der Waals surface area contributed by atoms with E-state index in [1.54, 1.807) is 7.11 Å². The number of non-ortho nitro benzene ring substituents is 1. The third kappa shape index (κ3) is 4.25. The Balaban J connectivity index is 2.67. The Morgan fingerprint density at radius 1 is 1.50 bits per heavy atom. The van der Waals surface area contributed by atoms with Gasteiger partial charge in [-0.05, 0) is 25.5 Å². The van der Waals surface area contributed by atoms with Crippen LogP contribution in [0.1, 0.15) is 19.4 Å². The van der Waals surface area contributed by atoms with Crippen LogP contribution in [0.15, 0.2) is 18.2 Å². The van der Waals surface area contributed by atoms with E-state index in [9.17, 15) is 10.1 Å². The van der Waals surface area contributed by atoms with Crippen LogP contribution in [0.3, 0.4) is 0 Å². The lowest BCUT2D eigenvalue weighted by molar-refractivity contribution is -0.384. The quantitative estimate of drug-likeness (QED) is 0.639. The average Bonchev–Trinajstić information content (AvgIpc) is 2.31. The van der Waals surface area contributed by atoms with E-state index < -0.39 is 4.92 Å². The lowest BCUT2D eigenvalue weighted by Crippen LogP contribution is -2.36. The molecule has 5 nitrogen and oxygen atoms in total. The van der Waals surface area contributed by atoms with Crippen LogP contribution in [0.25, 0.3) is 0 Å². The van der Waals surface area contributed by atoms with Crippen LogP contribution in [-0.2, 0) is 11.3 Å². The van der Waals surface area contributed by atoms with Crippen LogP contribution in [-0.4, -0.2) is 24.2 Å². The van der Waals surface area contributed by atoms with Crippen LogP contribution < -0.4 is 5.32 Å². The van der Waals surface area contributed by atoms with Gasteiger partial charge in [0.2, 0.25) is 0 Å². The lowest BCUT2D eigenvalue weighted by atomic mass is 10.1. The summed E-state index contributed by atoms with van der Waals surface area (Å²) in [4.78, 5) is 10.2. The SMILES string of the molecule is COC(C)(C)CNCc1cc([N+](=O)[O-])ccc1Cl. The first-order chi connectivity index (χ1) is 8.35. The Kier molecular flexibility index (Phi) is 5.07. The number of hydrogen-bond acceptors (Lipinski definition) is 4. The van der Waals surface area contributed by atoms with Crippen molar-refractivity contribution >= 4 is 17.3 Å². The zero-order valence-corrected chi connectivity index (χ0v) is 11.5. The Morgan fingerprint density at radius 2 is 2.17 bits per heavy atom. The van der Waals surface area contributed by atoms with E-state index in [1.165, 1.54) is 18.2 Å². The van der Waals surface area contributed by atoms with Crippen molar-refractivity contribution in [3.63, 3.8) is 0 Å². The fraction of sp³-hybridized carbons (Fsp3) is 0.500. The molecule has 0 saturated carbocycles. The summed E-state index contributed by atoms with van der Waals surface area (Å²) < 4.78 is 5.26. The maximum atomic E-state index is 10.7. The zero-order chi connectivity index (χ0) is 13.8. The molecule has 0 fully saturated rings. The molecule has 0 atom stereocenters. The topological polar surface area (TPSA) is 64.4 Å². The van der Waals surface area contributed by atoms with Gasteiger partial charge in [-0.2, -0.15) is 0 Å². The molecule has 1 aromatic carbocycles. The highest BCUT2D eigenvalue weighted by Gasteiger charge is 2.16. The van der Waals surface area contributed by atoms with Crippen molar-refractivity contribution in [2.24, 2.45) is 0 Å². The van der Waals surface area contributed by atoms with Crippen molar-refractivity contribution in [1.82, 2.24) is 5.32 Å². The van der Waals surface area contributed by atoms with E-state index in [1.807, 2.05) is 13.8 Å². The standard InChI is InChI=1S/C12H17ClN2O3/c1-12(2,18-3)8-14-7-9-6-10(15(16)17)4-5-11(9)13/h4-6,14H,7-8H2,1-3H3. The summed E-state index contributed by atoms with van der Waals surface area (Å²) in [5.41, 5.74) is 0.465. The van der Waals surface area contributed by atoms with Crippen molar-refractivity contribution in [2.45, 2.75) is 26.0 Å². The van der Waals surface area contributed by atoms with Gasteiger partial charge < -0.3 is 10.1 Å². The molecule has 6 heteroatoms. The summed E-state index contributed by atoms with van der Waals surface area (Å²) in [6.07, 6.45) is 0. The summed E-state index contributed by atoms with van der Waals surface area (Å²) >= 11 is 5.99. The van der Waals surface area contributed by atoms with Gasteiger partial charge in [0.05, 0.1) is 10.5 Å². The summed E-state index contributed by atoms with van der Waals surface area (Å²) in [6, 6.07) is 4.41. The van der Waals surface area contributed by atoms with E-state index in [4.69, 9.17) is 16.3 Å². The summed E-state index contributed by atoms with van der Waals surface area (Å²) in [5.74, 6) is 0. The highest BCUT2D eigenvalue weighted by atomic mass is 35.5. The Labute approximate surface area is 111 Å². The van der Waals surface area contributed by atoms with Gasteiger partial charge in [-0.1, -0.05) is 11.6 Å². The van der Waals surface area contributed by atoms with Gasteiger partial charge in [0.15, 0.2) is 0 Å². The van der Waals surface area contributed by atoms with E-state index in [0.29, 0.717) is 23.7 Å². The second kappa shape index (κ2) is 6.13. The minimum atomic E-state index is -0.432. The average molecular weight is 273 g/mol. The number of methoxy groups -OCH3 is 1. The monoisotopic (exact) mass is 272 g/mol. The number of nitrogens with zero attached hydrogens (tertiary/aromatic N) is 1. The number of benzene rings is 1. The summed E-state index contributed by atoms with van der Waals surface area (Å²) in [6.45, 7) is 5.00. The van der Waals surface area contributed by atoms with Crippen LogP contribution >= 0.6 is 11.6 Å². The van der Waals surface area contributed by atoms with Crippen LogP contribution in [0.5, 0.6) is 0 Å². The third-order valence-electron chi connectivity index (χ3n) is 2.66. The van der Waals surface area contributed by atoms with Crippen molar-refractivity contribution in [2.75, 3.05) is 13.7 Å². The van der Waals surface area contributed by atoms with Crippen LogP contribution in [0.4, 0.5) is 5.69 Å². The predicted molar refractivity (Wildman–Crippen MR) is 70.9 cm³/mol. The first-order valence-corrected chi connectivity index (χ1v) is 5.92. The fourth-order valence-electron chi connectivity index (χ4n) is 1.38. The number of hydrogen-bond donors (Lipinski definition) is 1. The molecule has 0 aliphatic carbocycles. The molecule has 1 aromatic rings. The highest BCUT2D eigenvalue weighted by Crippen LogP contribution is 2.22. The summed E-state index contributed by atoms with van der Waals surface area (Å²) in [5, 5.41) is 14.4. The van der Waals surface area contributed by atoms with Crippen LogP contribution in [0.2, 0.25) is 5.02 Å². The second-order valence-corrected chi connectivity index (χ2v) is 5.01. The predicted octanol–water partition coefficient (Wildman–Crippen LogP) is 2.76. The minimum absolute atomic E-state index is 0.0437. The minimum Gasteiger partial charge on any atom is -0.377 e. The molecule has 18 heavy (non-hydrogen) atoms. The number of halogens is 1. The molecule has 0 heterocycles. The van der Waals surface area contributed by atoms with Crippen molar-refractivity contribution in [3.8, 4) is 0 Å². The van der Waals surface area contributed by atoms with E-state index in [-0.39, 0.29) is 11.3 Å². The van der Waals surface area contributed by atoms with Crippen molar-refractivity contribution in [1.29, 1.82) is 0 Å². The smallest absolute Gasteiger partial charge is 0.269 e. The molecule has 1 rings (SSSR count). The maximum absolute atomic E-state index is 10.7. The van der Waals surface area contributed by atoms with Gasteiger partial charge in [-0.3, -0.25) is 10.1 Å². The fourth-order valence-corrected chi connectivity index (χ4v) is 1.56. The van der Waals surface area contributed by atoms with E-state index >= 15 is 0 Å². The van der Waals surface area contributed by atoms with E-state index in [2.05, 4.69) is 5.32 Å². The van der Waals surface area contributed by atoms with Gasteiger partial charge in [-0.25, -0.2) is 0 Å². The number of ether oxygens (including phenoxy) is 1. The Morgan fingerprint density at radius 3 is 2.72 bits per heavy atom. The molecule has 0 aliphatic rings. The molecule has 0 radical (unpaired) electrons. The third-order valence-corrected chi connectivity index (χ3v) is 3.03. The van der Waals surface area contributed by atoms with Gasteiger partial charge in [0, 0.05) is 37.4 Å². The lowest BCUT2D eigenvalue weighted by Gasteiger charge is -2.23. The molecule has 0 bridgehead atoms. The molecule has 100 valence electrons. The van der Waals surface area contributed by atoms with Crippen LogP contribution in [0, 0.1) is 10.1 Å². The zero-order valence-electron chi connectivity index (χ0n) is 10.7. The normalized spacial score (nSPS) is 11.6. The van der Waals surface area contributed by atoms with Gasteiger partial charge in [0.25, 0.3) is 5.69 Å². The van der Waals surface area contributed by atoms with Crippen molar-refractivity contribution < 1.29 is 9.66 Å². The molecule has 0 aromatic heterocycles. The van der Waals surface area contributed by atoms with Crippen molar-refractivity contribution in [3.05, 3.63) is 38.9 Å². The maximum Gasteiger partial charge on any atom is 0.269 e. The van der Waals surface area contributed by atoms with Gasteiger partial charge in [-0.15, -0.1) is 0 Å². The molecule has 0 spiro atoms. The molecular formula is C12H17ClN2O3. The number of nitro groups is 1. The highest BCUT2D eigenvalue weighted by molar-refractivity contribution is 6.31. The van der Waals surface area contributed by atoms with E-state index in [0.717, 1.165) is 0 Å². The van der Waals surface area contributed by atoms with Gasteiger partial charge >= 0.3 is 0 Å². The Hall–Kier alpha value is -1.17. The molecule has 0 aliphatic heterocycles. The number of rotatable bonds is 6. The molecule has 1 N–H and O–H groups in total. The number of nitro benzene ring substituents is 1. The second-order valence-electron chi connectivity index (χ2n) is 4.60. The number of nitrogens with one attached hydrogen (secondary N) is 1. The molecule has 0 amide bonds. The largest absolute Gasteiger partial charge is 0.377 e.